The summed E-state index contributed by atoms with van der Waals surface area (Å²) in [5.41, 5.74) is 27.6. The zero-order valence-electron chi connectivity index (χ0n) is 56.2. The molecule has 95 heavy (non-hydrogen) atoms. The van der Waals surface area contributed by atoms with E-state index in [9.17, 15) is 54.6 Å². The number of hydrogen-bond donors (Lipinski definition) is 12. The van der Waals surface area contributed by atoms with Crippen LogP contribution in [-0.4, -0.2) is 118 Å². The van der Waals surface area contributed by atoms with Gasteiger partial charge in [-0.15, -0.1) is 0 Å². The number of carboxylic acid groups (broad SMARTS) is 5. The molecule has 0 aliphatic carbocycles. The highest BCUT2D eigenvalue weighted by molar-refractivity contribution is 5.99. The molecule has 4 unspecified atom stereocenters. The molecule has 10 heterocycles. The Labute approximate surface area is 549 Å². The lowest BCUT2D eigenvalue weighted by molar-refractivity contribution is -0.140. The largest absolute Gasteiger partial charge is 0.481 e. The van der Waals surface area contributed by atoms with Crippen LogP contribution < -0.4 is 5.73 Å². The van der Waals surface area contributed by atoms with Gasteiger partial charge in [0.2, 0.25) is 0 Å². The van der Waals surface area contributed by atoms with E-state index in [1.807, 2.05) is 118 Å². The fraction of sp³-hybridized carbons (Fsp3) is 0.384. The summed E-state index contributed by atoms with van der Waals surface area (Å²) in [6.45, 7) is 26.5. The molecule has 6 aromatic heterocycles. The summed E-state index contributed by atoms with van der Waals surface area (Å²) in [4.78, 5) is 93.2. The topological polar surface area (TPSA) is 377 Å². The summed E-state index contributed by atoms with van der Waals surface area (Å²) in [5, 5.41) is 70.4. The maximum Gasteiger partial charge on any atom is 0.320 e. The van der Waals surface area contributed by atoms with Crippen molar-refractivity contribution in [2.24, 2.45) is 11.7 Å². The van der Waals surface area contributed by atoms with Gasteiger partial charge in [0.25, 0.3) is 0 Å². The average molecular weight is 1300 g/mol. The zero-order valence-corrected chi connectivity index (χ0v) is 56.2. The number of rotatable bonds is 20. The van der Waals surface area contributed by atoms with Gasteiger partial charge < -0.3 is 66.2 Å². The molecule has 4 aliphatic rings. The first kappa shape index (κ1) is 69.7. The molecule has 0 radical (unpaired) electrons. The van der Waals surface area contributed by atoms with E-state index in [0.717, 1.165) is 83.5 Å². The van der Waals surface area contributed by atoms with Crippen LogP contribution in [0.4, 0.5) is 0 Å². The highest BCUT2D eigenvalue weighted by atomic mass is 16.5. The average Bonchev–Trinajstić information content (AvgIpc) is 1.62. The molecule has 0 aromatic carbocycles. The first-order valence-electron chi connectivity index (χ1n) is 31.9. The van der Waals surface area contributed by atoms with E-state index in [1.54, 1.807) is 27.7 Å². The number of allylic oxidation sites excluding steroid dienone is 7. The number of nitrogens with two attached hydrogens (primary N) is 1. The second-order valence-corrected chi connectivity index (χ2v) is 25.5. The number of fused-ring (bicyclic) bond motifs is 16. The summed E-state index contributed by atoms with van der Waals surface area (Å²) in [5.74, 6) is -4.73. The Morgan fingerprint density at radius 2 is 0.726 bits per heavy atom. The molecular weight excluding hydrogens is 1210 g/mol. The summed E-state index contributed by atoms with van der Waals surface area (Å²) in [6.07, 6.45) is -2.72. The van der Waals surface area contributed by atoms with Crippen LogP contribution in [0.2, 0.25) is 0 Å². The van der Waals surface area contributed by atoms with Crippen molar-refractivity contribution in [3.8, 4) is 0 Å². The van der Waals surface area contributed by atoms with Crippen molar-refractivity contribution in [2.45, 2.75) is 179 Å². The third-order valence-electron chi connectivity index (χ3n) is 18.7. The molecule has 0 saturated carbocycles. The lowest BCUT2D eigenvalue weighted by Gasteiger charge is -2.20. The van der Waals surface area contributed by atoms with Gasteiger partial charge in [0.15, 0.2) is 0 Å². The molecule has 0 amide bonds. The summed E-state index contributed by atoms with van der Waals surface area (Å²) in [7, 11) is 0. The Kier molecular flexibility index (Phi) is 20.7. The molecule has 0 spiro atoms. The standard InChI is InChI=1S/C68H74N8O11.C5H11NO2/c1-29-41(13-17-61(79)80)53-28-56-44(16-20-64(85)86)32(4)48(72-56)24-59-68(36(8)52(76-59)25-58-65(37(9)77)33(5)49(73-58)21-45(29)69-53)40(12)87-39(11)67-35(7)50-22-46-30(2)42(14-18-62(81)82)54(70-46)27-55-43(15-19-63(83)84)31(3)47(71-55)23-57-66(38(10)78)34(6)51(74-57)26-60(67)75-50;1-3(2)4(6)5(7)8/h21-28,37-40,72,74-78H,13-20H2,1-12H3,(H,79,80)(H,81,82)(H,83,84)(H,85,86);3-4H,6H2,1-2H3,(H,7,8)/t;4-/m.0/s1. The van der Waals surface area contributed by atoms with Gasteiger partial charge in [-0.25, -0.2) is 19.9 Å². The van der Waals surface area contributed by atoms with Crippen molar-refractivity contribution in [3.63, 3.8) is 0 Å². The third kappa shape index (κ3) is 14.6. The first-order chi connectivity index (χ1) is 44.7. The van der Waals surface area contributed by atoms with E-state index in [2.05, 4.69) is 19.9 Å². The normalized spacial score (nSPS) is 14.9. The molecule has 10 rings (SSSR count). The van der Waals surface area contributed by atoms with Crippen molar-refractivity contribution in [2.75, 3.05) is 0 Å². The second kappa shape index (κ2) is 28.1. The SMILES string of the molecule is CC(C)[C@H](N)C(=O)O.CC1=C(CCC(=O)O)c2cc3nc(cc4[nH]c(cc5[nH]c(cc1n2)c(C)c5C(C)OC(C)c1c(C)c2cc5nc(cc6nc(cc7[nH]c(cc1[nH]2)c(C)c7CCC(=O)O)C(CCC(=O)O)=C6C)C(C)=C5C(C)O)c(C)c4C(C)O)C(C)=C3CCC(=O)O. The van der Waals surface area contributed by atoms with E-state index in [4.69, 9.17) is 35.5 Å². The van der Waals surface area contributed by atoms with Gasteiger partial charge in [0.1, 0.15) is 6.04 Å². The number of ether oxygens (including phenoxy) is 1. The number of hydrogen-bond acceptors (Lipinski definition) is 13. The number of aliphatic hydroxyl groups excluding tert-OH is 2. The van der Waals surface area contributed by atoms with Gasteiger partial charge in [-0.3, -0.25) is 24.0 Å². The van der Waals surface area contributed by atoms with Crippen LogP contribution in [-0.2, 0) is 35.1 Å². The van der Waals surface area contributed by atoms with Crippen LogP contribution in [0.15, 0.2) is 48.5 Å². The first-order valence-corrected chi connectivity index (χ1v) is 31.9. The van der Waals surface area contributed by atoms with Crippen molar-refractivity contribution >= 4 is 119 Å². The van der Waals surface area contributed by atoms with Crippen LogP contribution >= 0.6 is 0 Å². The van der Waals surface area contributed by atoms with Gasteiger partial charge in [0.05, 0.1) is 70.0 Å². The molecule has 22 heteroatoms. The second-order valence-electron chi connectivity index (χ2n) is 25.5. The number of H-pyrrole nitrogens is 4. The Hall–Kier alpha value is -9.61. The number of carboxylic acids is 5. The predicted molar refractivity (Wildman–Crippen MR) is 368 cm³/mol. The van der Waals surface area contributed by atoms with Crippen molar-refractivity contribution in [1.82, 2.24) is 39.9 Å². The molecule has 0 saturated heterocycles. The molecule has 22 nitrogen and oxygen atoms in total. The molecule has 5 atom stereocenters. The van der Waals surface area contributed by atoms with Crippen LogP contribution in [0.1, 0.15) is 223 Å². The Balaban J connectivity index is 0.00000124. The van der Waals surface area contributed by atoms with Gasteiger partial charge >= 0.3 is 29.8 Å². The number of aliphatic hydroxyl groups is 2. The molecule has 16 bridgehead atoms. The van der Waals surface area contributed by atoms with E-state index < -0.39 is 60.3 Å². The number of aromatic amines is 4. The van der Waals surface area contributed by atoms with Crippen LogP contribution in [0.3, 0.4) is 0 Å². The van der Waals surface area contributed by atoms with Gasteiger partial charge in [-0.1, -0.05) is 13.8 Å². The minimum atomic E-state index is -0.962. The van der Waals surface area contributed by atoms with Gasteiger partial charge in [-0.2, -0.15) is 0 Å². The molecule has 500 valence electrons. The highest BCUT2D eigenvalue weighted by Crippen LogP contribution is 2.43. The van der Waals surface area contributed by atoms with Gasteiger partial charge in [0, 0.05) is 92.1 Å². The van der Waals surface area contributed by atoms with Crippen LogP contribution in [0.25, 0.3) is 88.7 Å². The maximum atomic E-state index is 12.2. The number of aliphatic carboxylic acids is 5. The van der Waals surface area contributed by atoms with E-state index in [0.29, 0.717) is 95.3 Å². The molecule has 6 aromatic rings. The molecule has 4 aliphatic heterocycles. The third-order valence-corrected chi connectivity index (χ3v) is 18.7. The van der Waals surface area contributed by atoms with Crippen molar-refractivity contribution < 1.29 is 64.5 Å². The van der Waals surface area contributed by atoms with E-state index in [1.165, 1.54) is 0 Å². The Morgan fingerprint density at radius 1 is 0.400 bits per heavy atom. The van der Waals surface area contributed by atoms with Crippen molar-refractivity contribution in [3.05, 3.63) is 139 Å². The van der Waals surface area contributed by atoms with Crippen LogP contribution in [0.5, 0.6) is 0 Å². The molecule has 13 N–H and O–H groups in total. The minimum Gasteiger partial charge on any atom is -0.481 e. The number of nitrogens with one attached hydrogen (secondary N) is 4. The minimum absolute atomic E-state index is 0.0208. The lowest BCUT2D eigenvalue weighted by Crippen LogP contribution is -2.34. The Morgan fingerprint density at radius 3 is 1.14 bits per heavy atom. The number of aryl methyl sites for hydroxylation is 5. The summed E-state index contributed by atoms with van der Waals surface area (Å²) >= 11 is 0. The Bertz CT molecular complexity index is 4660. The monoisotopic (exact) mass is 1300 g/mol. The molecular formula is C73H85N9O13. The van der Waals surface area contributed by atoms with E-state index in [-0.39, 0.29) is 57.3 Å². The highest BCUT2D eigenvalue weighted by Gasteiger charge is 2.29. The predicted octanol–water partition coefficient (Wildman–Crippen LogP) is 13.8. The molecule has 0 fully saturated rings. The van der Waals surface area contributed by atoms with Crippen molar-refractivity contribution in [1.29, 1.82) is 0 Å². The van der Waals surface area contributed by atoms with E-state index >= 15 is 0 Å². The summed E-state index contributed by atoms with van der Waals surface area (Å²) < 4.78 is 7.28. The quantitative estimate of drug-likeness (QED) is 0.0338. The fourth-order valence-corrected chi connectivity index (χ4v) is 13.3. The summed E-state index contributed by atoms with van der Waals surface area (Å²) in [6, 6.07) is 14.6. The fourth-order valence-electron chi connectivity index (χ4n) is 13.3. The zero-order chi connectivity index (χ0) is 69.5. The lowest BCUT2D eigenvalue weighted by atomic mass is 9.98. The number of aromatic nitrogens is 8. The number of nitrogens with zero attached hydrogens (tertiary/aromatic N) is 4. The van der Waals surface area contributed by atoms with Gasteiger partial charge in [-0.05, 0) is 230 Å². The number of carbonyl (C=O) groups is 5. The van der Waals surface area contributed by atoms with Crippen LogP contribution in [0, 0.1) is 33.6 Å². The smallest absolute Gasteiger partial charge is 0.320 e. The maximum absolute atomic E-state index is 12.2.